The number of hydrogen-bond donors (Lipinski definition) is 2. The second-order valence-corrected chi connectivity index (χ2v) is 5.80. The molecule has 0 fully saturated rings. The normalized spacial score (nSPS) is 11.7. The van der Waals surface area contributed by atoms with Crippen molar-refractivity contribution in [3.8, 4) is 0 Å². The van der Waals surface area contributed by atoms with E-state index in [9.17, 15) is 8.42 Å². The van der Waals surface area contributed by atoms with Crippen LogP contribution in [0.15, 0.2) is 23.1 Å². The molecule has 0 amide bonds. The van der Waals surface area contributed by atoms with Crippen molar-refractivity contribution < 1.29 is 13.2 Å². The van der Waals surface area contributed by atoms with Gasteiger partial charge in [-0.3, -0.25) is 0 Å². The van der Waals surface area contributed by atoms with E-state index in [4.69, 9.17) is 10.5 Å². The molecule has 0 saturated heterocycles. The van der Waals surface area contributed by atoms with Crippen LogP contribution < -0.4 is 10.5 Å². The van der Waals surface area contributed by atoms with Crippen LogP contribution in [-0.2, 0) is 21.3 Å². The molecule has 1 rings (SSSR count). The van der Waals surface area contributed by atoms with Gasteiger partial charge in [0.1, 0.15) is 0 Å². The molecule has 0 radical (unpaired) electrons. The summed E-state index contributed by atoms with van der Waals surface area (Å²) >= 11 is 0. The van der Waals surface area contributed by atoms with Crippen LogP contribution in [0.2, 0.25) is 0 Å². The fourth-order valence-electron chi connectivity index (χ4n) is 1.54. The van der Waals surface area contributed by atoms with Gasteiger partial charge in [0.15, 0.2) is 0 Å². The van der Waals surface area contributed by atoms with E-state index < -0.39 is 10.0 Å². The van der Waals surface area contributed by atoms with E-state index in [0.29, 0.717) is 26.1 Å². The van der Waals surface area contributed by atoms with Crippen LogP contribution >= 0.6 is 0 Å². The zero-order valence-corrected chi connectivity index (χ0v) is 11.6. The largest absolute Gasteiger partial charge is 0.385 e. The van der Waals surface area contributed by atoms with Crippen molar-refractivity contribution in [1.29, 1.82) is 0 Å². The van der Waals surface area contributed by atoms with Crippen LogP contribution in [-0.4, -0.2) is 28.7 Å². The molecule has 0 aromatic heterocycles. The first-order chi connectivity index (χ1) is 8.51. The minimum Gasteiger partial charge on any atom is -0.385 e. The van der Waals surface area contributed by atoms with Crippen LogP contribution in [0.3, 0.4) is 0 Å². The molecule has 1 aromatic carbocycles. The Morgan fingerprint density at radius 1 is 1.39 bits per heavy atom. The Hall–Kier alpha value is -0.950. The molecular weight excluding hydrogens is 252 g/mol. The number of ether oxygens (including phenoxy) is 1. The lowest BCUT2D eigenvalue weighted by Gasteiger charge is -2.09. The van der Waals surface area contributed by atoms with Crippen LogP contribution in [0, 0.1) is 6.92 Å². The first-order valence-corrected chi connectivity index (χ1v) is 7.28. The molecule has 0 aliphatic heterocycles. The van der Waals surface area contributed by atoms with Crippen molar-refractivity contribution in [2.24, 2.45) is 5.73 Å². The number of rotatable bonds is 7. The monoisotopic (exact) mass is 272 g/mol. The summed E-state index contributed by atoms with van der Waals surface area (Å²) in [4.78, 5) is 0.256. The summed E-state index contributed by atoms with van der Waals surface area (Å²) in [7, 11) is -1.87. The van der Waals surface area contributed by atoms with Gasteiger partial charge in [-0.2, -0.15) is 0 Å². The van der Waals surface area contributed by atoms with Crippen LogP contribution in [0.5, 0.6) is 0 Å². The minimum absolute atomic E-state index is 0.256. The predicted molar refractivity (Wildman–Crippen MR) is 70.8 cm³/mol. The highest BCUT2D eigenvalue weighted by molar-refractivity contribution is 7.89. The van der Waals surface area contributed by atoms with Crippen molar-refractivity contribution in [2.75, 3.05) is 20.3 Å². The van der Waals surface area contributed by atoms with E-state index in [-0.39, 0.29) is 4.90 Å². The Morgan fingerprint density at radius 2 is 2.11 bits per heavy atom. The highest BCUT2D eigenvalue weighted by Crippen LogP contribution is 2.15. The van der Waals surface area contributed by atoms with E-state index in [2.05, 4.69) is 4.72 Å². The average Bonchev–Trinajstić information content (AvgIpc) is 2.35. The number of nitrogens with one attached hydrogen (secondary N) is 1. The minimum atomic E-state index is -3.45. The molecule has 5 nitrogen and oxygen atoms in total. The lowest BCUT2D eigenvalue weighted by molar-refractivity contribution is 0.196. The standard InChI is InChI=1S/C12H20N2O3S/c1-10-4-5-12(8-11(10)9-13)18(15,16)14-6-3-7-17-2/h4-5,8,14H,3,6-7,9,13H2,1-2H3. The zero-order chi connectivity index (χ0) is 13.6. The number of benzene rings is 1. The Labute approximate surface area is 108 Å². The van der Waals surface area contributed by atoms with Crippen LogP contribution in [0.1, 0.15) is 17.5 Å². The molecule has 0 bridgehead atoms. The molecule has 1 aromatic rings. The SMILES string of the molecule is COCCCNS(=O)(=O)c1ccc(C)c(CN)c1. The molecule has 0 saturated carbocycles. The topological polar surface area (TPSA) is 81.4 Å². The summed E-state index contributed by atoms with van der Waals surface area (Å²) in [5.41, 5.74) is 7.41. The van der Waals surface area contributed by atoms with Gasteiger partial charge in [-0.05, 0) is 36.6 Å². The van der Waals surface area contributed by atoms with Gasteiger partial charge in [0.2, 0.25) is 10.0 Å². The maximum Gasteiger partial charge on any atom is 0.240 e. The van der Waals surface area contributed by atoms with Crippen molar-refractivity contribution in [1.82, 2.24) is 4.72 Å². The van der Waals surface area contributed by atoms with Gasteiger partial charge < -0.3 is 10.5 Å². The lowest BCUT2D eigenvalue weighted by atomic mass is 10.1. The highest BCUT2D eigenvalue weighted by atomic mass is 32.2. The molecule has 0 unspecified atom stereocenters. The van der Waals surface area contributed by atoms with Crippen molar-refractivity contribution in [2.45, 2.75) is 24.8 Å². The third kappa shape index (κ3) is 4.06. The van der Waals surface area contributed by atoms with Crippen LogP contribution in [0.4, 0.5) is 0 Å². The second kappa shape index (κ2) is 6.84. The van der Waals surface area contributed by atoms with E-state index in [0.717, 1.165) is 11.1 Å². The van der Waals surface area contributed by atoms with E-state index in [1.54, 1.807) is 25.3 Å². The van der Waals surface area contributed by atoms with Gasteiger partial charge in [0.25, 0.3) is 0 Å². The van der Waals surface area contributed by atoms with Crippen molar-refractivity contribution in [3.05, 3.63) is 29.3 Å². The molecule has 0 heterocycles. The summed E-state index contributed by atoms with van der Waals surface area (Å²) in [5, 5.41) is 0. The first kappa shape index (κ1) is 15.1. The van der Waals surface area contributed by atoms with Gasteiger partial charge in [0, 0.05) is 26.8 Å². The maximum absolute atomic E-state index is 12.0. The predicted octanol–water partition coefficient (Wildman–Crippen LogP) is 0.769. The number of sulfonamides is 1. The van der Waals surface area contributed by atoms with Gasteiger partial charge in [-0.25, -0.2) is 13.1 Å². The quantitative estimate of drug-likeness (QED) is 0.718. The molecule has 18 heavy (non-hydrogen) atoms. The molecular formula is C12H20N2O3S. The summed E-state index contributed by atoms with van der Waals surface area (Å²) in [5.74, 6) is 0. The number of aryl methyl sites for hydroxylation is 1. The summed E-state index contributed by atoms with van der Waals surface area (Å²) in [6, 6.07) is 4.98. The van der Waals surface area contributed by atoms with Gasteiger partial charge in [0.05, 0.1) is 4.90 Å². The molecule has 3 N–H and O–H groups in total. The lowest BCUT2D eigenvalue weighted by Crippen LogP contribution is -2.25. The summed E-state index contributed by atoms with van der Waals surface area (Å²) < 4.78 is 31.4. The highest BCUT2D eigenvalue weighted by Gasteiger charge is 2.14. The molecule has 0 aliphatic carbocycles. The average molecular weight is 272 g/mol. The second-order valence-electron chi connectivity index (χ2n) is 4.04. The number of hydrogen-bond acceptors (Lipinski definition) is 4. The van der Waals surface area contributed by atoms with E-state index >= 15 is 0 Å². The Bertz CT molecular complexity index is 486. The fraction of sp³-hybridized carbons (Fsp3) is 0.500. The first-order valence-electron chi connectivity index (χ1n) is 5.79. The smallest absolute Gasteiger partial charge is 0.240 e. The van der Waals surface area contributed by atoms with Crippen molar-refractivity contribution in [3.63, 3.8) is 0 Å². The van der Waals surface area contributed by atoms with E-state index in [1.165, 1.54) is 0 Å². The Balaban J connectivity index is 2.78. The fourth-order valence-corrected chi connectivity index (χ4v) is 2.67. The van der Waals surface area contributed by atoms with E-state index in [1.807, 2.05) is 6.92 Å². The number of methoxy groups -OCH3 is 1. The Kier molecular flexibility index (Phi) is 5.74. The summed E-state index contributed by atoms with van der Waals surface area (Å²) in [6.45, 7) is 3.13. The van der Waals surface area contributed by atoms with Gasteiger partial charge in [-0.1, -0.05) is 6.07 Å². The Morgan fingerprint density at radius 3 is 2.72 bits per heavy atom. The van der Waals surface area contributed by atoms with Gasteiger partial charge in [-0.15, -0.1) is 0 Å². The summed E-state index contributed by atoms with van der Waals surface area (Å²) in [6.07, 6.45) is 0.644. The third-order valence-electron chi connectivity index (χ3n) is 2.67. The molecule has 0 aliphatic rings. The maximum atomic E-state index is 12.0. The van der Waals surface area contributed by atoms with Crippen molar-refractivity contribution >= 4 is 10.0 Å². The van der Waals surface area contributed by atoms with Gasteiger partial charge >= 0.3 is 0 Å². The molecule has 0 spiro atoms. The number of nitrogens with two attached hydrogens (primary N) is 1. The third-order valence-corrected chi connectivity index (χ3v) is 4.13. The molecule has 102 valence electrons. The molecule has 0 atom stereocenters. The van der Waals surface area contributed by atoms with Crippen LogP contribution in [0.25, 0.3) is 0 Å². The zero-order valence-electron chi connectivity index (χ0n) is 10.8. The molecule has 6 heteroatoms.